The van der Waals surface area contributed by atoms with Gasteiger partial charge in [0.2, 0.25) is 0 Å². The number of hydrogen-bond acceptors (Lipinski definition) is 2. The van der Waals surface area contributed by atoms with Crippen LogP contribution in [-0.2, 0) is 11.2 Å². The van der Waals surface area contributed by atoms with E-state index in [-0.39, 0.29) is 0 Å². The Morgan fingerprint density at radius 3 is 2.07 bits per heavy atom. The van der Waals surface area contributed by atoms with E-state index >= 15 is 0 Å². The first-order valence-electron chi connectivity index (χ1n) is 11.2. The molecule has 28 heavy (non-hydrogen) atoms. The van der Waals surface area contributed by atoms with Gasteiger partial charge in [-0.05, 0) is 56.6 Å². The molecule has 0 saturated carbocycles. The minimum Gasteiger partial charge on any atom is -0.378 e. The highest BCUT2D eigenvalue weighted by Crippen LogP contribution is 2.13. The van der Waals surface area contributed by atoms with E-state index < -0.39 is 8.07 Å². The molecule has 0 fully saturated rings. The molecule has 0 aliphatic rings. The molecule has 0 unspecified atom stereocenters. The van der Waals surface area contributed by atoms with Crippen LogP contribution in [0.5, 0.6) is 0 Å². The van der Waals surface area contributed by atoms with Gasteiger partial charge in [-0.15, -0.1) is 5.54 Å². The molecule has 0 atom stereocenters. The van der Waals surface area contributed by atoms with E-state index in [0.29, 0.717) is 6.10 Å². The topological polar surface area (TPSA) is 9.23 Å². The lowest BCUT2D eigenvalue weighted by Crippen LogP contribution is -2.16. The molecule has 0 aromatic heterocycles. The minimum atomic E-state index is -1.28. The van der Waals surface area contributed by atoms with Crippen molar-refractivity contribution in [2.45, 2.75) is 91.0 Å². The fourth-order valence-corrected chi connectivity index (χ4v) is 4.22. The van der Waals surface area contributed by atoms with Crippen molar-refractivity contribution in [1.82, 2.24) is 0 Å². The van der Waals surface area contributed by atoms with Crippen LogP contribution in [0.3, 0.4) is 0 Å². The number of unbranched alkanes of at least 4 members (excludes halogenated alkanes) is 6. The first-order valence-corrected chi connectivity index (χ1v) is 15.8. The minimum absolute atomic E-state index is 0.370. The van der Waals surface area contributed by atoms with E-state index in [4.69, 9.17) is 4.74 Å². The fraction of sp³-hybridized carbons (Fsp3) is 0.680. The summed E-state index contributed by atoms with van der Waals surface area (Å²) >= 11 is 2.04. The third kappa shape index (κ3) is 15.3. The number of hydrogen-bond donors (Lipinski definition) is 0. The highest BCUT2D eigenvalue weighted by Gasteiger charge is 2.07. The standard InChI is InChI=1S/C25H42OSSi/c1-23(2)26-19-21-27-20-12-10-8-6-7-9-11-13-24-14-16-25(17-15-24)18-22-28(3,4)5/h14-17,23H,6-13,19-21H2,1-5H3. The van der Waals surface area contributed by atoms with E-state index in [2.05, 4.69) is 69.2 Å². The number of thioether (sulfide) groups is 1. The summed E-state index contributed by atoms with van der Waals surface area (Å²) in [6.45, 7) is 12.0. The largest absolute Gasteiger partial charge is 0.378 e. The quantitative estimate of drug-likeness (QED) is 0.177. The first kappa shape index (κ1) is 25.3. The van der Waals surface area contributed by atoms with E-state index in [1.807, 2.05) is 11.8 Å². The van der Waals surface area contributed by atoms with Gasteiger partial charge in [0.15, 0.2) is 0 Å². The molecule has 1 nitrogen and oxygen atoms in total. The smallest absolute Gasteiger partial charge is 0.129 e. The van der Waals surface area contributed by atoms with Crippen molar-refractivity contribution in [1.29, 1.82) is 0 Å². The summed E-state index contributed by atoms with van der Waals surface area (Å²) in [5.41, 5.74) is 6.06. The predicted octanol–water partition coefficient (Wildman–Crippen LogP) is 7.35. The Morgan fingerprint density at radius 2 is 1.46 bits per heavy atom. The SMILES string of the molecule is CC(C)OCCSCCCCCCCCCc1ccc(C#C[Si](C)(C)C)cc1. The van der Waals surface area contributed by atoms with Crippen LogP contribution in [0.1, 0.15) is 69.9 Å². The average molecular weight is 419 g/mol. The Balaban J connectivity index is 1.97. The number of ether oxygens (including phenoxy) is 1. The van der Waals surface area contributed by atoms with Crippen molar-refractivity contribution in [3.63, 3.8) is 0 Å². The summed E-state index contributed by atoms with van der Waals surface area (Å²) < 4.78 is 5.56. The van der Waals surface area contributed by atoms with Gasteiger partial charge in [-0.1, -0.05) is 69.8 Å². The highest BCUT2D eigenvalue weighted by atomic mass is 32.2. The second-order valence-electron chi connectivity index (χ2n) is 8.95. The van der Waals surface area contributed by atoms with Crippen LogP contribution >= 0.6 is 11.8 Å². The van der Waals surface area contributed by atoms with Crippen molar-refractivity contribution in [3.05, 3.63) is 35.4 Å². The Labute approximate surface area is 180 Å². The van der Waals surface area contributed by atoms with Crippen molar-refractivity contribution in [3.8, 4) is 11.5 Å². The summed E-state index contributed by atoms with van der Waals surface area (Å²) in [6.07, 6.45) is 11.2. The second-order valence-corrected chi connectivity index (χ2v) is 14.9. The molecule has 0 bridgehead atoms. The fourth-order valence-electron chi connectivity index (χ4n) is 2.88. The van der Waals surface area contributed by atoms with Crippen molar-refractivity contribution in [2.24, 2.45) is 0 Å². The van der Waals surface area contributed by atoms with Crippen LogP contribution in [0.15, 0.2) is 24.3 Å². The van der Waals surface area contributed by atoms with E-state index in [0.717, 1.165) is 17.9 Å². The third-order valence-corrected chi connectivity index (χ3v) is 6.38. The van der Waals surface area contributed by atoms with Gasteiger partial charge >= 0.3 is 0 Å². The van der Waals surface area contributed by atoms with Gasteiger partial charge in [-0.2, -0.15) is 11.8 Å². The predicted molar refractivity (Wildman–Crippen MR) is 131 cm³/mol. The zero-order chi connectivity index (χ0) is 20.7. The molecule has 0 amide bonds. The molecule has 1 aromatic rings. The molecule has 158 valence electrons. The normalized spacial score (nSPS) is 11.5. The van der Waals surface area contributed by atoms with Gasteiger partial charge in [0, 0.05) is 11.3 Å². The van der Waals surface area contributed by atoms with Crippen molar-refractivity contribution >= 4 is 19.8 Å². The zero-order valence-electron chi connectivity index (χ0n) is 19.0. The lowest BCUT2D eigenvalue weighted by Gasteiger charge is -2.07. The van der Waals surface area contributed by atoms with E-state index in [1.165, 1.54) is 62.7 Å². The molecule has 0 heterocycles. The van der Waals surface area contributed by atoms with Crippen LogP contribution in [0.4, 0.5) is 0 Å². The van der Waals surface area contributed by atoms with Gasteiger partial charge < -0.3 is 4.74 Å². The summed E-state index contributed by atoms with van der Waals surface area (Å²) in [7, 11) is -1.28. The van der Waals surface area contributed by atoms with Crippen LogP contribution in [0.25, 0.3) is 0 Å². The molecular formula is C25H42OSSi. The van der Waals surface area contributed by atoms with Gasteiger partial charge in [0.1, 0.15) is 8.07 Å². The average Bonchev–Trinajstić information content (AvgIpc) is 2.64. The second kappa shape index (κ2) is 15.2. The highest BCUT2D eigenvalue weighted by molar-refractivity contribution is 7.99. The number of benzene rings is 1. The van der Waals surface area contributed by atoms with Crippen LogP contribution < -0.4 is 0 Å². The monoisotopic (exact) mass is 418 g/mol. The first-order chi connectivity index (χ1) is 13.4. The van der Waals surface area contributed by atoms with Crippen molar-refractivity contribution < 1.29 is 4.74 Å². The molecule has 1 aromatic carbocycles. The molecule has 3 heteroatoms. The van der Waals surface area contributed by atoms with E-state index in [1.54, 1.807) is 0 Å². The maximum atomic E-state index is 5.56. The third-order valence-electron chi connectivity index (χ3n) is 4.47. The summed E-state index contributed by atoms with van der Waals surface area (Å²) in [5.74, 6) is 5.77. The molecule has 0 aliphatic carbocycles. The molecule has 0 N–H and O–H groups in total. The summed E-state index contributed by atoms with van der Waals surface area (Å²) in [5, 5.41) is 0. The summed E-state index contributed by atoms with van der Waals surface area (Å²) in [6, 6.07) is 8.90. The number of rotatable bonds is 14. The lowest BCUT2D eigenvalue weighted by atomic mass is 10.0. The molecule has 0 aliphatic heterocycles. The van der Waals surface area contributed by atoms with Gasteiger partial charge in [-0.25, -0.2) is 0 Å². The Morgan fingerprint density at radius 1 is 0.857 bits per heavy atom. The Bertz CT molecular complexity index is 563. The number of aryl methyl sites for hydroxylation is 1. The molecular weight excluding hydrogens is 376 g/mol. The Hall–Kier alpha value is -0.693. The molecule has 0 saturated heterocycles. The summed E-state index contributed by atoms with van der Waals surface area (Å²) in [4.78, 5) is 0. The van der Waals surface area contributed by atoms with Gasteiger partial charge in [0.05, 0.1) is 12.7 Å². The Kier molecular flexibility index (Phi) is 13.7. The lowest BCUT2D eigenvalue weighted by molar-refractivity contribution is 0.0920. The molecule has 0 radical (unpaired) electrons. The van der Waals surface area contributed by atoms with Crippen LogP contribution in [0.2, 0.25) is 19.6 Å². The maximum absolute atomic E-state index is 5.56. The van der Waals surface area contributed by atoms with E-state index in [9.17, 15) is 0 Å². The molecule has 0 spiro atoms. The maximum Gasteiger partial charge on any atom is 0.129 e. The van der Waals surface area contributed by atoms with Gasteiger partial charge in [0.25, 0.3) is 0 Å². The zero-order valence-corrected chi connectivity index (χ0v) is 20.8. The van der Waals surface area contributed by atoms with Gasteiger partial charge in [-0.3, -0.25) is 0 Å². The van der Waals surface area contributed by atoms with Crippen LogP contribution in [-0.4, -0.2) is 32.3 Å². The molecule has 1 rings (SSSR count). The van der Waals surface area contributed by atoms with Crippen LogP contribution in [0, 0.1) is 11.5 Å². The van der Waals surface area contributed by atoms with Crippen molar-refractivity contribution in [2.75, 3.05) is 18.1 Å².